The molecule has 19 heavy (non-hydrogen) atoms. The first-order valence-electron chi connectivity index (χ1n) is 6.24. The van der Waals surface area contributed by atoms with E-state index in [1.165, 1.54) is 4.90 Å². The number of hydrogen-bond donors (Lipinski definition) is 2. The Balaban J connectivity index is 2.35. The predicted molar refractivity (Wildman–Crippen MR) is 73.2 cm³/mol. The lowest BCUT2D eigenvalue weighted by Crippen LogP contribution is -2.39. The molecule has 0 spiro atoms. The van der Waals surface area contributed by atoms with Crippen LogP contribution in [-0.2, 0) is 0 Å². The largest absolute Gasteiger partial charge is 0.395 e. The Hall–Kier alpha value is -1.88. The molecule has 2 amide bonds. The van der Waals surface area contributed by atoms with Crippen LogP contribution >= 0.6 is 0 Å². The molecule has 0 aliphatic heterocycles. The molecule has 1 aromatic carbocycles. The summed E-state index contributed by atoms with van der Waals surface area (Å²) in [6.45, 7) is 2.46. The lowest BCUT2D eigenvalue weighted by molar-refractivity contribution is 0.0983. The highest BCUT2D eigenvalue weighted by Gasteiger charge is 2.09. The van der Waals surface area contributed by atoms with Crippen molar-refractivity contribution < 1.29 is 14.7 Å². The first-order chi connectivity index (χ1) is 9.04. The first kappa shape index (κ1) is 15.2. The number of nitrogens with zero attached hydrogens (tertiary/aromatic N) is 1. The third kappa shape index (κ3) is 5.09. The second-order valence-electron chi connectivity index (χ2n) is 4.42. The van der Waals surface area contributed by atoms with E-state index in [-0.39, 0.29) is 31.4 Å². The molecular formula is C14H20N2O3. The molecule has 0 aromatic heterocycles. The quantitative estimate of drug-likeness (QED) is 0.759. The van der Waals surface area contributed by atoms with Gasteiger partial charge in [-0.25, -0.2) is 4.79 Å². The molecule has 0 atom stereocenters. The number of benzene rings is 1. The van der Waals surface area contributed by atoms with Crippen molar-refractivity contribution in [3.05, 3.63) is 35.4 Å². The fourth-order valence-corrected chi connectivity index (χ4v) is 1.55. The summed E-state index contributed by atoms with van der Waals surface area (Å²) in [5.41, 5.74) is 1.76. The van der Waals surface area contributed by atoms with Gasteiger partial charge in [-0.05, 0) is 6.92 Å². The van der Waals surface area contributed by atoms with Crippen molar-refractivity contribution in [1.29, 1.82) is 0 Å². The highest BCUT2D eigenvalue weighted by Crippen LogP contribution is 2.05. The van der Waals surface area contributed by atoms with Crippen molar-refractivity contribution in [2.24, 2.45) is 0 Å². The van der Waals surface area contributed by atoms with Crippen molar-refractivity contribution in [3.8, 4) is 0 Å². The second-order valence-corrected chi connectivity index (χ2v) is 4.42. The first-order valence-corrected chi connectivity index (χ1v) is 6.24. The van der Waals surface area contributed by atoms with Crippen LogP contribution in [0.25, 0.3) is 0 Å². The zero-order chi connectivity index (χ0) is 14.3. The molecule has 0 fully saturated rings. The monoisotopic (exact) mass is 264 g/mol. The molecule has 1 rings (SSSR count). The van der Waals surface area contributed by atoms with Crippen LogP contribution in [0.4, 0.5) is 4.79 Å². The zero-order valence-electron chi connectivity index (χ0n) is 11.3. The van der Waals surface area contributed by atoms with Crippen LogP contribution in [0.5, 0.6) is 0 Å². The van der Waals surface area contributed by atoms with Gasteiger partial charge >= 0.3 is 6.03 Å². The molecule has 0 aliphatic carbocycles. The average molecular weight is 264 g/mol. The number of Topliss-reactive ketones (excluding diaryl/α,β-unsaturated/α-hetero) is 1. The number of amides is 2. The van der Waals surface area contributed by atoms with Gasteiger partial charge in [-0.15, -0.1) is 0 Å². The number of aliphatic hydroxyl groups is 1. The predicted octanol–water partition coefficient (Wildman–Crippen LogP) is 1.20. The highest BCUT2D eigenvalue weighted by atomic mass is 16.3. The maximum absolute atomic E-state index is 11.8. The molecule has 2 N–H and O–H groups in total. The lowest BCUT2D eigenvalue weighted by atomic mass is 10.1. The molecule has 0 saturated heterocycles. The number of ketones is 1. The molecule has 0 radical (unpaired) electrons. The summed E-state index contributed by atoms with van der Waals surface area (Å²) in [6, 6.07) is 7.07. The summed E-state index contributed by atoms with van der Waals surface area (Å²) in [5.74, 6) is 0.00473. The Morgan fingerprint density at radius 2 is 1.89 bits per heavy atom. The third-order valence-corrected chi connectivity index (χ3v) is 2.78. The van der Waals surface area contributed by atoms with E-state index >= 15 is 0 Å². The van der Waals surface area contributed by atoms with E-state index in [0.29, 0.717) is 12.1 Å². The number of aliphatic hydroxyl groups excluding tert-OH is 1. The Morgan fingerprint density at radius 1 is 1.26 bits per heavy atom. The molecule has 0 aliphatic rings. The molecule has 0 saturated carbocycles. The van der Waals surface area contributed by atoms with Gasteiger partial charge in [0.2, 0.25) is 0 Å². The highest BCUT2D eigenvalue weighted by molar-refractivity contribution is 5.96. The number of urea groups is 1. The van der Waals surface area contributed by atoms with Crippen LogP contribution in [0.15, 0.2) is 24.3 Å². The maximum Gasteiger partial charge on any atom is 0.317 e. The van der Waals surface area contributed by atoms with Crippen LogP contribution in [0.1, 0.15) is 22.3 Å². The van der Waals surface area contributed by atoms with Gasteiger partial charge in [-0.1, -0.05) is 29.8 Å². The molecule has 0 heterocycles. The number of carbonyl (C=O) groups excluding carboxylic acids is 2. The van der Waals surface area contributed by atoms with E-state index in [1.54, 1.807) is 19.2 Å². The van der Waals surface area contributed by atoms with Crippen LogP contribution in [0, 0.1) is 6.92 Å². The molecule has 5 heteroatoms. The summed E-state index contributed by atoms with van der Waals surface area (Å²) < 4.78 is 0. The summed E-state index contributed by atoms with van der Waals surface area (Å²) in [5, 5.41) is 11.3. The fraction of sp³-hybridized carbons (Fsp3) is 0.429. The Labute approximate surface area is 113 Å². The Kier molecular flexibility index (Phi) is 6.02. The minimum atomic E-state index is -0.286. The number of hydrogen-bond acceptors (Lipinski definition) is 3. The van der Waals surface area contributed by atoms with Gasteiger partial charge in [0.1, 0.15) is 0 Å². The SMILES string of the molecule is Cc1ccc(C(=O)CCNC(=O)N(C)CCO)cc1. The van der Waals surface area contributed by atoms with Gasteiger partial charge in [0.15, 0.2) is 5.78 Å². The second kappa shape index (κ2) is 7.53. The van der Waals surface area contributed by atoms with E-state index in [1.807, 2.05) is 19.1 Å². The van der Waals surface area contributed by atoms with Crippen LogP contribution in [0.3, 0.4) is 0 Å². The van der Waals surface area contributed by atoms with Crippen LogP contribution in [0.2, 0.25) is 0 Å². The van der Waals surface area contributed by atoms with Gasteiger partial charge < -0.3 is 15.3 Å². The van der Waals surface area contributed by atoms with E-state index in [9.17, 15) is 9.59 Å². The maximum atomic E-state index is 11.8. The summed E-state index contributed by atoms with van der Waals surface area (Å²) in [6.07, 6.45) is 0.266. The fourth-order valence-electron chi connectivity index (χ4n) is 1.55. The summed E-state index contributed by atoms with van der Waals surface area (Å²) in [7, 11) is 1.59. The summed E-state index contributed by atoms with van der Waals surface area (Å²) >= 11 is 0. The lowest BCUT2D eigenvalue weighted by Gasteiger charge is -2.16. The third-order valence-electron chi connectivity index (χ3n) is 2.78. The number of nitrogens with one attached hydrogen (secondary N) is 1. The number of rotatable bonds is 6. The van der Waals surface area contributed by atoms with Crippen molar-refractivity contribution in [2.45, 2.75) is 13.3 Å². The zero-order valence-corrected chi connectivity index (χ0v) is 11.3. The topological polar surface area (TPSA) is 69.6 Å². The van der Waals surface area contributed by atoms with Gasteiger partial charge in [-0.2, -0.15) is 0 Å². The van der Waals surface area contributed by atoms with E-state index in [0.717, 1.165) is 5.56 Å². The summed E-state index contributed by atoms with van der Waals surface area (Å²) in [4.78, 5) is 24.7. The number of likely N-dealkylation sites (N-methyl/N-ethyl adjacent to an activating group) is 1. The Bertz CT molecular complexity index is 429. The minimum absolute atomic E-state index is 0.00473. The van der Waals surface area contributed by atoms with Crippen molar-refractivity contribution >= 4 is 11.8 Å². The number of carbonyl (C=O) groups is 2. The van der Waals surface area contributed by atoms with E-state index in [2.05, 4.69) is 5.32 Å². The van der Waals surface area contributed by atoms with Gasteiger partial charge in [0, 0.05) is 32.1 Å². The van der Waals surface area contributed by atoms with Gasteiger partial charge in [0.05, 0.1) is 6.61 Å². The van der Waals surface area contributed by atoms with E-state index < -0.39 is 0 Å². The smallest absolute Gasteiger partial charge is 0.317 e. The van der Waals surface area contributed by atoms with Crippen LogP contribution in [-0.4, -0.2) is 48.6 Å². The standard InChI is InChI=1S/C14H20N2O3/c1-11-3-5-12(6-4-11)13(18)7-8-15-14(19)16(2)9-10-17/h3-6,17H,7-10H2,1-2H3,(H,15,19). The van der Waals surface area contributed by atoms with Crippen molar-refractivity contribution in [1.82, 2.24) is 10.2 Å². The van der Waals surface area contributed by atoms with Gasteiger partial charge in [0.25, 0.3) is 0 Å². The molecule has 0 bridgehead atoms. The van der Waals surface area contributed by atoms with Crippen molar-refractivity contribution in [3.63, 3.8) is 0 Å². The van der Waals surface area contributed by atoms with Gasteiger partial charge in [-0.3, -0.25) is 4.79 Å². The minimum Gasteiger partial charge on any atom is -0.395 e. The molecule has 0 unspecified atom stereocenters. The van der Waals surface area contributed by atoms with Crippen molar-refractivity contribution in [2.75, 3.05) is 26.7 Å². The average Bonchev–Trinajstić information content (AvgIpc) is 2.39. The van der Waals surface area contributed by atoms with E-state index in [4.69, 9.17) is 5.11 Å². The number of aryl methyl sites for hydroxylation is 1. The molecule has 1 aromatic rings. The molecule has 104 valence electrons. The molecule has 5 nitrogen and oxygen atoms in total. The van der Waals surface area contributed by atoms with Crippen LogP contribution < -0.4 is 5.32 Å². The molecular weight excluding hydrogens is 244 g/mol. The Morgan fingerprint density at radius 3 is 2.47 bits per heavy atom. The normalized spacial score (nSPS) is 10.1.